The lowest BCUT2D eigenvalue weighted by Gasteiger charge is -2.06. The van der Waals surface area contributed by atoms with Gasteiger partial charge in [0, 0.05) is 24.9 Å². The van der Waals surface area contributed by atoms with Crippen molar-refractivity contribution in [2.45, 2.75) is 11.3 Å². The lowest BCUT2D eigenvalue weighted by atomic mass is 10.3. The third-order valence-corrected chi connectivity index (χ3v) is 4.87. The van der Waals surface area contributed by atoms with Gasteiger partial charge >= 0.3 is 0 Å². The molecule has 0 aliphatic carbocycles. The molecule has 0 aliphatic rings. The van der Waals surface area contributed by atoms with Crippen LogP contribution in [0.4, 0.5) is 0 Å². The smallest absolute Gasteiger partial charge is 0.188 e. The van der Waals surface area contributed by atoms with Gasteiger partial charge in [-0.1, -0.05) is 24.3 Å². The molecule has 0 amide bonds. The Hall–Kier alpha value is -1.68. The molecule has 0 bridgehead atoms. The van der Waals surface area contributed by atoms with Crippen molar-refractivity contribution in [2.75, 3.05) is 18.8 Å². The maximum absolute atomic E-state index is 12.1. The van der Waals surface area contributed by atoms with Gasteiger partial charge in [0.05, 0.1) is 17.2 Å². The summed E-state index contributed by atoms with van der Waals surface area (Å²) in [5.74, 6) is 0.170. The standard InChI is InChI=1S/C16H20N4O2S.HI/c17-16(19-11-9-14-6-4-5-10-18-14)20-12-13-23(21,22)15-7-2-1-3-8-15;/h1-8,10H,9,11-13H2,(H3,17,19,20);1H. The van der Waals surface area contributed by atoms with Crippen LogP contribution in [-0.4, -0.2) is 38.2 Å². The zero-order valence-corrected chi connectivity index (χ0v) is 16.3. The largest absolute Gasteiger partial charge is 0.370 e. The van der Waals surface area contributed by atoms with Gasteiger partial charge in [0.2, 0.25) is 0 Å². The minimum Gasteiger partial charge on any atom is -0.370 e. The van der Waals surface area contributed by atoms with E-state index in [2.05, 4.69) is 15.3 Å². The Kier molecular flexibility index (Phi) is 8.69. The van der Waals surface area contributed by atoms with Crippen molar-refractivity contribution in [2.24, 2.45) is 10.7 Å². The molecule has 3 N–H and O–H groups in total. The molecule has 0 spiro atoms. The van der Waals surface area contributed by atoms with Crippen LogP contribution in [-0.2, 0) is 16.3 Å². The molecule has 0 unspecified atom stereocenters. The average molecular weight is 460 g/mol. The number of pyridine rings is 1. The maximum Gasteiger partial charge on any atom is 0.188 e. The lowest BCUT2D eigenvalue weighted by molar-refractivity contribution is 0.596. The van der Waals surface area contributed by atoms with Gasteiger partial charge in [-0.2, -0.15) is 0 Å². The van der Waals surface area contributed by atoms with Crippen molar-refractivity contribution in [1.29, 1.82) is 0 Å². The van der Waals surface area contributed by atoms with Gasteiger partial charge in [0.15, 0.2) is 15.8 Å². The molecule has 6 nitrogen and oxygen atoms in total. The Morgan fingerprint density at radius 3 is 2.50 bits per heavy atom. The summed E-state index contributed by atoms with van der Waals surface area (Å²) in [6.45, 7) is 0.720. The Labute approximate surface area is 159 Å². The van der Waals surface area contributed by atoms with Gasteiger partial charge in [-0.05, 0) is 24.3 Å². The van der Waals surface area contributed by atoms with E-state index in [1.165, 1.54) is 0 Å². The Balaban J connectivity index is 0.00000288. The van der Waals surface area contributed by atoms with E-state index < -0.39 is 9.84 Å². The van der Waals surface area contributed by atoms with Gasteiger partial charge in [0.1, 0.15) is 0 Å². The first-order chi connectivity index (χ1) is 11.1. The normalized spacial score (nSPS) is 11.6. The fourth-order valence-corrected chi connectivity index (χ4v) is 3.09. The van der Waals surface area contributed by atoms with E-state index in [-0.39, 0.29) is 42.2 Å². The molecule has 1 aromatic carbocycles. The van der Waals surface area contributed by atoms with Crippen LogP contribution in [0.3, 0.4) is 0 Å². The number of aliphatic imine (C=N–C) groups is 1. The molecular weight excluding hydrogens is 439 g/mol. The van der Waals surface area contributed by atoms with Crippen LogP contribution in [0.2, 0.25) is 0 Å². The molecule has 0 radical (unpaired) electrons. The number of rotatable bonds is 7. The third kappa shape index (κ3) is 6.83. The number of aromatic nitrogens is 1. The quantitative estimate of drug-likeness (QED) is 0.372. The first-order valence-electron chi connectivity index (χ1n) is 7.29. The number of hydrogen-bond donors (Lipinski definition) is 2. The number of guanidine groups is 1. The zero-order valence-electron chi connectivity index (χ0n) is 13.1. The molecule has 0 saturated heterocycles. The summed E-state index contributed by atoms with van der Waals surface area (Å²) >= 11 is 0. The number of nitrogens with one attached hydrogen (secondary N) is 1. The topological polar surface area (TPSA) is 97.4 Å². The summed E-state index contributed by atoms with van der Waals surface area (Å²) < 4.78 is 24.1. The highest BCUT2D eigenvalue weighted by molar-refractivity contribution is 14.0. The predicted octanol–water partition coefficient (Wildman–Crippen LogP) is 1.62. The molecule has 0 atom stereocenters. The fourth-order valence-electron chi connectivity index (χ4n) is 1.95. The van der Waals surface area contributed by atoms with Crippen LogP contribution in [0, 0.1) is 0 Å². The van der Waals surface area contributed by atoms with E-state index in [0.717, 1.165) is 12.1 Å². The molecule has 1 aromatic heterocycles. The second-order valence-electron chi connectivity index (χ2n) is 4.90. The Bertz CT molecular complexity index is 737. The molecule has 2 rings (SSSR count). The van der Waals surface area contributed by atoms with Crippen LogP contribution in [0.25, 0.3) is 0 Å². The molecule has 0 fully saturated rings. The Morgan fingerprint density at radius 2 is 1.83 bits per heavy atom. The number of nitrogens with two attached hydrogens (primary N) is 1. The summed E-state index contributed by atoms with van der Waals surface area (Å²) in [7, 11) is -3.32. The van der Waals surface area contributed by atoms with Crippen molar-refractivity contribution < 1.29 is 8.42 Å². The van der Waals surface area contributed by atoms with Gasteiger partial charge in [-0.3, -0.25) is 9.98 Å². The molecule has 0 aliphatic heterocycles. The maximum atomic E-state index is 12.1. The molecule has 24 heavy (non-hydrogen) atoms. The minimum atomic E-state index is -3.32. The van der Waals surface area contributed by atoms with E-state index in [1.54, 1.807) is 36.5 Å². The summed E-state index contributed by atoms with van der Waals surface area (Å²) in [4.78, 5) is 8.56. The summed E-state index contributed by atoms with van der Waals surface area (Å²) in [6.07, 6.45) is 2.46. The molecule has 1 heterocycles. The number of benzene rings is 1. The van der Waals surface area contributed by atoms with Gasteiger partial charge < -0.3 is 11.1 Å². The van der Waals surface area contributed by atoms with E-state index in [4.69, 9.17) is 5.73 Å². The second-order valence-corrected chi connectivity index (χ2v) is 7.01. The van der Waals surface area contributed by atoms with E-state index in [9.17, 15) is 8.42 Å². The summed E-state index contributed by atoms with van der Waals surface area (Å²) in [6, 6.07) is 14.0. The second kappa shape index (κ2) is 10.2. The summed E-state index contributed by atoms with van der Waals surface area (Å²) in [5.41, 5.74) is 6.69. The molecular formula is C16H21IN4O2S. The molecule has 8 heteroatoms. The van der Waals surface area contributed by atoms with E-state index >= 15 is 0 Å². The van der Waals surface area contributed by atoms with Gasteiger partial charge in [-0.25, -0.2) is 8.42 Å². The Morgan fingerprint density at radius 1 is 1.12 bits per heavy atom. The molecule has 2 aromatic rings. The minimum absolute atomic E-state index is 0. The van der Waals surface area contributed by atoms with Crippen LogP contribution >= 0.6 is 24.0 Å². The monoisotopic (exact) mass is 460 g/mol. The number of halogens is 1. The first kappa shape index (κ1) is 20.4. The average Bonchev–Trinajstić information content (AvgIpc) is 2.56. The van der Waals surface area contributed by atoms with E-state index in [0.29, 0.717) is 11.4 Å². The first-order valence-corrected chi connectivity index (χ1v) is 8.95. The number of sulfone groups is 1. The van der Waals surface area contributed by atoms with Crippen LogP contribution in [0.1, 0.15) is 5.69 Å². The molecule has 0 saturated carbocycles. The van der Waals surface area contributed by atoms with Crippen LogP contribution in [0.15, 0.2) is 64.6 Å². The van der Waals surface area contributed by atoms with Crippen molar-refractivity contribution in [3.05, 3.63) is 60.4 Å². The van der Waals surface area contributed by atoms with Gasteiger partial charge in [0.25, 0.3) is 0 Å². The van der Waals surface area contributed by atoms with Crippen LogP contribution < -0.4 is 11.1 Å². The lowest BCUT2D eigenvalue weighted by Crippen LogP contribution is -2.33. The van der Waals surface area contributed by atoms with Crippen molar-refractivity contribution in [3.63, 3.8) is 0 Å². The number of hydrogen-bond acceptors (Lipinski definition) is 4. The van der Waals surface area contributed by atoms with Crippen molar-refractivity contribution in [1.82, 2.24) is 10.3 Å². The van der Waals surface area contributed by atoms with E-state index in [1.807, 2.05) is 18.2 Å². The predicted molar refractivity (Wildman–Crippen MR) is 106 cm³/mol. The highest BCUT2D eigenvalue weighted by atomic mass is 127. The SMILES string of the molecule is I.NC(=NCCS(=O)(=O)c1ccccc1)NCCc1ccccn1. The highest BCUT2D eigenvalue weighted by Gasteiger charge is 2.12. The molecule has 130 valence electrons. The van der Waals surface area contributed by atoms with Crippen molar-refractivity contribution in [3.8, 4) is 0 Å². The fraction of sp³-hybridized carbons (Fsp3) is 0.250. The summed E-state index contributed by atoms with van der Waals surface area (Å²) in [5, 5.41) is 2.95. The number of nitrogens with zero attached hydrogens (tertiary/aromatic N) is 2. The highest BCUT2D eigenvalue weighted by Crippen LogP contribution is 2.09. The zero-order chi connectivity index (χ0) is 16.5. The van der Waals surface area contributed by atoms with Crippen LogP contribution in [0.5, 0.6) is 0 Å². The van der Waals surface area contributed by atoms with Crippen molar-refractivity contribution >= 4 is 39.8 Å². The van der Waals surface area contributed by atoms with Gasteiger partial charge in [-0.15, -0.1) is 24.0 Å². The third-order valence-electron chi connectivity index (χ3n) is 3.16.